The maximum atomic E-state index is 12.2. The molecule has 1 aromatic heterocycles. The number of ketones is 1. The minimum Gasteiger partial charge on any atom is -0.292 e. The molecule has 1 heterocycles. The number of hydrogen-bond donors (Lipinski definition) is 0. The van der Waals surface area contributed by atoms with E-state index in [4.69, 9.17) is 0 Å². The largest absolute Gasteiger partial charge is 0.292 e. The van der Waals surface area contributed by atoms with E-state index in [1.54, 1.807) is 4.68 Å². The predicted molar refractivity (Wildman–Crippen MR) is 71.9 cm³/mol. The zero-order chi connectivity index (χ0) is 13.3. The number of aromatic nitrogens is 2. The molecule has 0 bridgehead atoms. The number of Topliss-reactive ketones (excluding diaryl/α,β-unsaturated/α-hetero) is 1. The lowest BCUT2D eigenvalue weighted by Crippen LogP contribution is -2.14. The van der Waals surface area contributed by atoms with Gasteiger partial charge in [-0.05, 0) is 38.8 Å². The molecule has 2 rings (SSSR count). The summed E-state index contributed by atoms with van der Waals surface area (Å²) in [4.78, 5) is 12.2. The van der Waals surface area contributed by atoms with Gasteiger partial charge in [-0.3, -0.25) is 9.48 Å². The number of carbonyl (C=O) groups excluding carboxylic acids is 1. The van der Waals surface area contributed by atoms with Gasteiger partial charge in [-0.15, -0.1) is 0 Å². The topological polar surface area (TPSA) is 34.9 Å². The molecule has 0 N–H and O–H groups in total. The summed E-state index contributed by atoms with van der Waals surface area (Å²) in [6.07, 6.45) is 0. The van der Waals surface area contributed by atoms with Crippen LogP contribution in [-0.4, -0.2) is 15.6 Å². The molecule has 3 nitrogen and oxygen atoms in total. The molecule has 0 aliphatic heterocycles. The Morgan fingerprint density at radius 1 is 1.17 bits per heavy atom. The van der Waals surface area contributed by atoms with Gasteiger partial charge in [-0.25, -0.2) is 0 Å². The molecule has 0 saturated carbocycles. The second-order valence-corrected chi connectivity index (χ2v) is 4.69. The van der Waals surface area contributed by atoms with E-state index in [1.165, 1.54) is 0 Å². The van der Waals surface area contributed by atoms with E-state index in [1.807, 2.05) is 52.0 Å². The predicted octanol–water partition coefficient (Wildman–Crippen LogP) is 3.00. The summed E-state index contributed by atoms with van der Waals surface area (Å²) in [5, 5.41) is 4.40. The molecule has 0 spiro atoms. The van der Waals surface area contributed by atoms with Crippen LogP contribution in [0.4, 0.5) is 0 Å². The van der Waals surface area contributed by atoms with Gasteiger partial charge < -0.3 is 0 Å². The maximum absolute atomic E-state index is 12.2. The molecule has 0 saturated heterocycles. The Kier molecular flexibility index (Phi) is 3.32. The summed E-state index contributed by atoms with van der Waals surface area (Å²) in [6.45, 7) is 8.27. The molecular formula is C15H18N2O. The smallest absolute Gasteiger partial charge is 0.184 e. The molecule has 0 unspecified atom stereocenters. The number of aryl methyl sites for hydroxylation is 2. The summed E-state index contributed by atoms with van der Waals surface area (Å²) in [5.74, 6) is 0.110. The van der Waals surface area contributed by atoms with Gasteiger partial charge in [0.2, 0.25) is 0 Å². The molecule has 0 aliphatic carbocycles. The zero-order valence-corrected chi connectivity index (χ0v) is 11.3. The highest BCUT2D eigenvalue weighted by molar-refractivity contribution is 5.97. The first kappa shape index (κ1) is 12.6. The zero-order valence-electron chi connectivity index (χ0n) is 11.3. The first-order chi connectivity index (χ1) is 8.50. The Bertz CT molecular complexity index is 597. The number of nitrogens with zero attached hydrogens (tertiary/aromatic N) is 2. The SMILES string of the molecule is Cc1ccccc1C(=O)Cn1nc(C)c(C)c1C. The van der Waals surface area contributed by atoms with Gasteiger partial charge >= 0.3 is 0 Å². The van der Waals surface area contributed by atoms with Gasteiger partial charge in [-0.1, -0.05) is 24.3 Å². The Morgan fingerprint density at radius 2 is 1.83 bits per heavy atom. The number of hydrogen-bond acceptors (Lipinski definition) is 2. The summed E-state index contributed by atoms with van der Waals surface area (Å²) < 4.78 is 1.79. The van der Waals surface area contributed by atoms with Crippen LogP contribution in [0.25, 0.3) is 0 Å². The Morgan fingerprint density at radius 3 is 2.39 bits per heavy atom. The molecular weight excluding hydrogens is 224 g/mol. The number of rotatable bonds is 3. The third-order valence-corrected chi connectivity index (χ3v) is 3.48. The van der Waals surface area contributed by atoms with Crippen LogP contribution < -0.4 is 0 Å². The fraction of sp³-hybridized carbons (Fsp3) is 0.333. The molecule has 3 heteroatoms. The molecule has 0 aliphatic rings. The Balaban J connectivity index is 2.27. The first-order valence-electron chi connectivity index (χ1n) is 6.10. The highest BCUT2D eigenvalue weighted by Gasteiger charge is 2.13. The minimum absolute atomic E-state index is 0.110. The fourth-order valence-electron chi connectivity index (χ4n) is 2.05. The van der Waals surface area contributed by atoms with Crippen molar-refractivity contribution in [3.63, 3.8) is 0 Å². The number of benzene rings is 1. The molecule has 18 heavy (non-hydrogen) atoms. The molecule has 1 aromatic carbocycles. The normalized spacial score (nSPS) is 10.7. The molecule has 94 valence electrons. The summed E-state index contributed by atoms with van der Waals surface area (Å²) in [5.41, 5.74) is 5.01. The van der Waals surface area contributed by atoms with E-state index in [9.17, 15) is 4.79 Å². The van der Waals surface area contributed by atoms with Crippen molar-refractivity contribution in [3.8, 4) is 0 Å². The summed E-state index contributed by atoms with van der Waals surface area (Å²) in [7, 11) is 0. The molecule has 0 fully saturated rings. The van der Waals surface area contributed by atoms with Gasteiger partial charge in [0.15, 0.2) is 5.78 Å². The van der Waals surface area contributed by atoms with Crippen LogP contribution in [0.5, 0.6) is 0 Å². The number of carbonyl (C=O) groups is 1. The van der Waals surface area contributed by atoms with Crippen LogP contribution in [-0.2, 0) is 6.54 Å². The van der Waals surface area contributed by atoms with E-state index < -0.39 is 0 Å². The highest BCUT2D eigenvalue weighted by atomic mass is 16.1. The van der Waals surface area contributed by atoms with Crippen LogP contribution in [0.3, 0.4) is 0 Å². The third-order valence-electron chi connectivity index (χ3n) is 3.48. The van der Waals surface area contributed by atoms with Crippen molar-refractivity contribution in [2.45, 2.75) is 34.2 Å². The van der Waals surface area contributed by atoms with Crippen molar-refractivity contribution in [1.29, 1.82) is 0 Å². The van der Waals surface area contributed by atoms with Crippen LogP contribution in [0, 0.1) is 27.7 Å². The van der Waals surface area contributed by atoms with Crippen LogP contribution >= 0.6 is 0 Å². The van der Waals surface area contributed by atoms with E-state index in [-0.39, 0.29) is 5.78 Å². The van der Waals surface area contributed by atoms with E-state index in [2.05, 4.69) is 5.10 Å². The van der Waals surface area contributed by atoms with Crippen molar-refractivity contribution < 1.29 is 4.79 Å². The molecule has 0 amide bonds. The van der Waals surface area contributed by atoms with Crippen molar-refractivity contribution in [1.82, 2.24) is 9.78 Å². The lowest BCUT2D eigenvalue weighted by atomic mass is 10.1. The summed E-state index contributed by atoms with van der Waals surface area (Å²) in [6, 6.07) is 7.67. The lowest BCUT2D eigenvalue weighted by Gasteiger charge is -2.06. The molecule has 0 atom stereocenters. The average Bonchev–Trinajstić information content (AvgIpc) is 2.57. The monoisotopic (exact) mass is 242 g/mol. The van der Waals surface area contributed by atoms with Gasteiger partial charge in [0.1, 0.15) is 6.54 Å². The van der Waals surface area contributed by atoms with Crippen molar-refractivity contribution in [2.24, 2.45) is 0 Å². The van der Waals surface area contributed by atoms with Crippen LogP contribution in [0.1, 0.15) is 32.9 Å². The third kappa shape index (κ3) is 2.21. The van der Waals surface area contributed by atoms with E-state index in [0.29, 0.717) is 6.54 Å². The lowest BCUT2D eigenvalue weighted by molar-refractivity contribution is 0.0966. The molecule has 2 aromatic rings. The standard InChI is InChI=1S/C15H18N2O/c1-10-7-5-6-8-14(10)15(18)9-17-13(4)11(2)12(3)16-17/h5-8H,9H2,1-4H3. The van der Waals surface area contributed by atoms with Crippen molar-refractivity contribution in [2.75, 3.05) is 0 Å². The Labute approximate surface area is 107 Å². The maximum Gasteiger partial charge on any atom is 0.184 e. The van der Waals surface area contributed by atoms with Crippen LogP contribution in [0.15, 0.2) is 24.3 Å². The Hall–Kier alpha value is -1.90. The first-order valence-corrected chi connectivity index (χ1v) is 6.10. The molecule has 0 radical (unpaired) electrons. The van der Waals surface area contributed by atoms with Gasteiger partial charge in [0.05, 0.1) is 5.69 Å². The van der Waals surface area contributed by atoms with E-state index >= 15 is 0 Å². The second-order valence-electron chi connectivity index (χ2n) is 4.69. The van der Waals surface area contributed by atoms with E-state index in [0.717, 1.165) is 28.1 Å². The second kappa shape index (κ2) is 4.77. The summed E-state index contributed by atoms with van der Waals surface area (Å²) >= 11 is 0. The quantitative estimate of drug-likeness (QED) is 0.775. The minimum atomic E-state index is 0.110. The van der Waals surface area contributed by atoms with Gasteiger partial charge in [0.25, 0.3) is 0 Å². The van der Waals surface area contributed by atoms with Gasteiger partial charge in [-0.2, -0.15) is 5.10 Å². The van der Waals surface area contributed by atoms with Crippen LogP contribution in [0.2, 0.25) is 0 Å². The fourth-order valence-corrected chi connectivity index (χ4v) is 2.05. The van der Waals surface area contributed by atoms with Crippen molar-refractivity contribution >= 4 is 5.78 Å². The van der Waals surface area contributed by atoms with Crippen molar-refractivity contribution in [3.05, 3.63) is 52.3 Å². The highest BCUT2D eigenvalue weighted by Crippen LogP contribution is 2.13. The van der Waals surface area contributed by atoms with Gasteiger partial charge in [0, 0.05) is 11.3 Å². The average molecular weight is 242 g/mol.